The minimum Gasteiger partial charge on any atom is -0.376 e. The third-order valence-corrected chi connectivity index (χ3v) is 9.19. The predicted molar refractivity (Wildman–Crippen MR) is 152 cm³/mol. The number of ether oxygens (including phenoxy) is 2. The van der Waals surface area contributed by atoms with Gasteiger partial charge < -0.3 is 9.47 Å². The number of hydrogen-bond acceptors (Lipinski definition) is 4. The second-order valence-electron chi connectivity index (χ2n) is 11.6. The van der Waals surface area contributed by atoms with Gasteiger partial charge >= 0.3 is 0 Å². The molecule has 0 heterocycles. The van der Waals surface area contributed by atoms with Gasteiger partial charge in [-0.25, -0.2) is 0 Å². The molecule has 2 aliphatic rings. The largest absolute Gasteiger partial charge is 0.376 e. The van der Waals surface area contributed by atoms with Gasteiger partial charge in [-0.15, -0.1) is 0 Å². The topological polar surface area (TPSA) is 66.0 Å². The lowest BCUT2D eigenvalue weighted by Gasteiger charge is -2.30. The second kappa shape index (κ2) is 14.5. The Morgan fingerprint density at radius 2 is 0.947 bits per heavy atom. The predicted octanol–water partition coefficient (Wildman–Crippen LogP) is 8.27. The summed E-state index contributed by atoms with van der Waals surface area (Å²) >= 11 is 0. The van der Waals surface area contributed by atoms with Crippen LogP contribution in [0.1, 0.15) is 112 Å². The van der Waals surface area contributed by atoms with Gasteiger partial charge in [0.05, 0.1) is 35.5 Å². The maximum absolute atomic E-state index is 9.00. The van der Waals surface area contributed by atoms with E-state index in [-0.39, 0.29) is 12.2 Å². The van der Waals surface area contributed by atoms with Crippen molar-refractivity contribution in [2.24, 2.45) is 11.8 Å². The molecule has 0 N–H and O–H groups in total. The van der Waals surface area contributed by atoms with Crippen LogP contribution in [0.5, 0.6) is 0 Å². The average molecular weight is 513 g/mol. The van der Waals surface area contributed by atoms with Gasteiger partial charge in [-0.05, 0) is 137 Å². The summed E-state index contributed by atoms with van der Waals surface area (Å²) < 4.78 is 12.4. The maximum atomic E-state index is 9.00. The molecule has 2 unspecified atom stereocenters. The molecule has 0 radical (unpaired) electrons. The molecule has 2 atom stereocenters. The molecule has 4 rings (SSSR count). The molecular weight excluding hydrogens is 468 g/mol. The highest BCUT2D eigenvalue weighted by Crippen LogP contribution is 2.38. The van der Waals surface area contributed by atoms with Crippen LogP contribution in [0.2, 0.25) is 0 Å². The van der Waals surface area contributed by atoms with E-state index in [4.69, 9.17) is 20.0 Å². The van der Waals surface area contributed by atoms with Crippen LogP contribution in [-0.4, -0.2) is 25.4 Å². The quantitative estimate of drug-likeness (QED) is 0.304. The highest BCUT2D eigenvalue weighted by molar-refractivity contribution is 5.34. The summed E-state index contributed by atoms with van der Waals surface area (Å²) in [5.74, 6) is 2.79. The van der Waals surface area contributed by atoms with E-state index in [0.717, 1.165) is 49.0 Å². The van der Waals surface area contributed by atoms with E-state index < -0.39 is 0 Å². The van der Waals surface area contributed by atoms with Crippen molar-refractivity contribution in [1.29, 1.82) is 10.5 Å². The Labute approximate surface area is 230 Å². The lowest BCUT2D eigenvalue weighted by atomic mass is 9.77. The molecule has 202 valence electrons. The zero-order valence-corrected chi connectivity index (χ0v) is 23.3. The maximum Gasteiger partial charge on any atom is 0.0991 e. The Morgan fingerprint density at radius 3 is 1.26 bits per heavy atom. The standard InChI is InChI=1S/C34H44N2O2/c1-25(37-21-19-27-3-11-31(12-4-27)33-15-7-29(23-35)8-16-33)26(2)38-22-20-28-5-13-32(14-6-28)34-17-9-30(24-36)10-18-34/h7-10,15-18,25-28,31-32H,3-6,11-14,19-22H2,1-2H3/t25?,26?,27-,28?,31-,32?. The van der Waals surface area contributed by atoms with E-state index in [1.54, 1.807) is 0 Å². The third-order valence-electron chi connectivity index (χ3n) is 9.19. The number of hydrogen-bond donors (Lipinski definition) is 0. The lowest BCUT2D eigenvalue weighted by molar-refractivity contribution is -0.0628. The van der Waals surface area contributed by atoms with Crippen LogP contribution in [-0.2, 0) is 9.47 Å². The van der Waals surface area contributed by atoms with Crippen LogP contribution >= 0.6 is 0 Å². The minimum atomic E-state index is 0.122. The number of nitriles is 2. The summed E-state index contributed by atoms with van der Waals surface area (Å²) in [5, 5.41) is 18.0. The first-order valence-electron chi connectivity index (χ1n) is 14.8. The summed E-state index contributed by atoms with van der Waals surface area (Å²) in [6, 6.07) is 20.8. The van der Waals surface area contributed by atoms with Crippen molar-refractivity contribution in [1.82, 2.24) is 0 Å². The average Bonchev–Trinajstić information content (AvgIpc) is 2.98. The van der Waals surface area contributed by atoms with Crippen molar-refractivity contribution in [2.45, 2.75) is 102 Å². The van der Waals surface area contributed by atoms with Gasteiger partial charge in [0.1, 0.15) is 0 Å². The molecule has 38 heavy (non-hydrogen) atoms. The van der Waals surface area contributed by atoms with Crippen molar-refractivity contribution in [2.75, 3.05) is 13.2 Å². The molecule has 0 aliphatic heterocycles. The Balaban J connectivity index is 1.05. The van der Waals surface area contributed by atoms with Crippen LogP contribution in [0.3, 0.4) is 0 Å². The first kappa shape index (κ1) is 28.4. The van der Waals surface area contributed by atoms with Crippen LogP contribution in [0.4, 0.5) is 0 Å². The first-order chi connectivity index (χ1) is 18.6. The number of rotatable bonds is 11. The van der Waals surface area contributed by atoms with E-state index in [2.05, 4.69) is 50.3 Å². The number of benzene rings is 2. The van der Waals surface area contributed by atoms with E-state index in [9.17, 15) is 0 Å². The zero-order chi connectivity index (χ0) is 26.7. The van der Waals surface area contributed by atoms with Crippen LogP contribution in [0.25, 0.3) is 0 Å². The molecule has 0 bridgehead atoms. The van der Waals surface area contributed by atoms with Crippen molar-refractivity contribution < 1.29 is 9.47 Å². The molecular formula is C34H44N2O2. The Bertz CT molecular complexity index is 962. The molecule has 2 aromatic carbocycles. The fourth-order valence-corrected chi connectivity index (χ4v) is 6.34. The molecule has 2 aromatic rings. The molecule has 4 heteroatoms. The summed E-state index contributed by atoms with van der Waals surface area (Å²) in [7, 11) is 0. The molecule has 0 aromatic heterocycles. The van der Waals surface area contributed by atoms with Crippen LogP contribution in [0.15, 0.2) is 48.5 Å². The van der Waals surface area contributed by atoms with Crippen LogP contribution < -0.4 is 0 Å². The zero-order valence-electron chi connectivity index (χ0n) is 23.3. The van der Waals surface area contributed by atoms with Crippen LogP contribution in [0, 0.1) is 34.5 Å². The molecule has 2 saturated carbocycles. The third kappa shape index (κ3) is 8.17. The monoisotopic (exact) mass is 512 g/mol. The lowest BCUT2D eigenvalue weighted by Crippen LogP contribution is -2.28. The Morgan fingerprint density at radius 1 is 0.605 bits per heavy atom. The van der Waals surface area contributed by atoms with E-state index >= 15 is 0 Å². The van der Waals surface area contributed by atoms with E-state index in [1.807, 2.05) is 24.3 Å². The summed E-state index contributed by atoms with van der Waals surface area (Å²) in [5.41, 5.74) is 4.26. The van der Waals surface area contributed by atoms with Crippen molar-refractivity contribution in [3.63, 3.8) is 0 Å². The normalized spacial score (nSPS) is 25.2. The minimum absolute atomic E-state index is 0.122. The first-order valence-corrected chi connectivity index (χ1v) is 14.8. The van der Waals surface area contributed by atoms with Gasteiger partial charge in [-0.1, -0.05) is 24.3 Å². The van der Waals surface area contributed by atoms with Gasteiger partial charge in [0.25, 0.3) is 0 Å². The molecule has 4 nitrogen and oxygen atoms in total. The van der Waals surface area contributed by atoms with Crippen molar-refractivity contribution >= 4 is 0 Å². The second-order valence-corrected chi connectivity index (χ2v) is 11.6. The van der Waals surface area contributed by atoms with Gasteiger partial charge in [0.15, 0.2) is 0 Å². The van der Waals surface area contributed by atoms with Gasteiger partial charge in [-0.2, -0.15) is 10.5 Å². The molecule has 0 amide bonds. The van der Waals surface area contributed by atoms with Gasteiger partial charge in [-0.3, -0.25) is 0 Å². The van der Waals surface area contributed by atoms with E-state index in [0.29, 0.717) is 11.8 Å². The highest BCUT2D eigenvalue weighted by Gasteiger charge is 2.24. The Hall–Kier alpha value is -2.66. The van der Waals surface area contributed by atoms with Gasteiger partial charge in [0, 0.05) is 13.2 Å². The highest BCUT2D eigenvalue weighted by atomic mass is 16.5. The molecule has 2 fully saturated rings. The van der Waals surface area contributed by atoms with Crippen molar-refractivity contribution in [3.8, 4) is 12.1 Å². The fourth-order valence-electron chi connectivity index (χ4n) is 6.34. The molecule has 0 saturated heterocycles. The van der Waals surface area contributed by atoms with Gasteiger partial charge in [0.2, 0.25) is 0 Å². The van der Waals surface area contributed by atoms with E-state index in [1.165, 1.54) is 62.5 Å². The fraction of sp³-hybridized carbons (Fsp3) is 0.588. The number of nitrogens with zero attached hydrogens (tertiary/aromatic N) is 2. The summed E-state index contributed by atoms with van der Waals surface area (Å²) in [4.78, 5) is 0. The molecule has 0 spiro atoms. The summed E-state index contributed by atoms with van der Waals surface area (Å²) in [6.07, 6.45) is 12.5. The summed E-state index contributed by atoms with van der Waals surface area (Å²) in [6.45, 7) is 5.94. The molecule has 2 aliphatic carbocycles. The van der Waals surface area contributed by atoms with Crippen molar-refractivity contribution in [3.05, 3.63) is 70.8 Å². The smallest absolute Gasteiger partial charge is 0.0991 e. The Kier molecular flexibility index (Phi) is 10.8. The SMILES string of the molecule is CC(OCCC1CCC(c2ccc(C#N)cc2)CC1)C(C)OCC[C@H]1CC[C@H](c2ccc(C#N)cc2)CC1.